The second-order valence-electron chi connectivity index (χ2n) is 7.45. The quantitative estimate of drug-likeness (QED) is 0.649. The smallest absolute Gasteiger partial charge is 0.246 e. The van der Waals surface area contributed by atoms with Crippen LogP contribution in [0.3, 0.4) is 0 Å². The van der Waals surface area contributed by atoms with E-state index in [4.69, 9.17) is 11.6 Å². The van der Waals surface area contributed by atoms with E-state index in [-0.39, 0.29) is 5.92 Å². The van der Waals surface area contributed by atoms with Gasteiger partial charge in [0, 0.05) is 36.9 Å². The lowest BCUT2D eigenvalue weighted by molar-refractivity contribution is 0.318. The van der Waals surface area contributed by atoms with Crippen LogP contribution < -0.4 is 0 Å². The molecule has 3 aromatic heterocycles. The van der Waals surface area contributed by atoms with Gasteiger partial charge in [0.15, 0.2) is 5.65 Å². The Bertz CT molecular complexity index is 1130. The SMILES string of the molecule is O=S(=O)(c1cnn2c1CCCC2)N1CCC(c2cn3ncnc3cc2Cl)CC1. The molecular weight excluding hydrogens is 400 g/mol. The number of sulfonamides is 1. The molecule has 148 valence electrons. The summed E-state index contributed by atoms with van der Waals surface area (Å²) >= 11 is 6.46. The van der Waals surface area contributed by atoms with Gasteiger partial charge in [-0.15, -0.1) is 0 Å². The molecule has 2 aliphatic heterocycles. The van der Waals surface area contributed by atoms with E-state index in [0.717, 1.165) is 49.9 Å². The Hall–Kier alpha value is -1.97. The number of hydrogen-bond donors (Lipinski definition) is 0. The minimum absolute atomic E-state index is 0.202. The van der Waals surface area contributed by atoms with Gasteiger partial charge in [0.1, 0.15) is 11.2 Å². The van der Waals surface area contributed by atoms with Gasteiger partial charge in [-0.25, -0.2) is 17.9 Å². The van der Waals surface area contributed by atoms with Crippen molar-refractivity contribution in [2.75, 3.05) is 13.1 Å². The highest BCUT2D eigenvalue weighted by molar-refractivity contribution is 7.89. The summed E-state index contributed by atoms with van der Waals surface area (Å²) in [5.74, 6) is 0.202. The maximum atomic E-state index is 13.2. The summed E-state index contributed by atoms with van der Waals surface area (Å²) in [5, 5.41) is 9.13. The molecule has 0 atom stereocenters. The molecule has 0 saturated carbocycles. The van der Waals surface area contributed by atoms with E-state index in [2.05, 4.69) is 15.2 Å². The van der Waals surface area contributed by atoms with E-state index in [1.165, 1.54) is 12.5 Å². The number of piperidine rings is 1. The van der Waals surface area contributed by atoms with E-state index in [1.54, 1.807) is 8.82 Å². The number of aryl methyl sites for hydroxylation is 1. The van der Waals surface area contributed by atoms with Crippen molar-refractivity contribution in [2.24, 2.45) is 0 Å². The molecule has 0 aromatic carbocycles. The first-order chi connectivity index (χ1) is 13.5. The van der Waals surface area contributed by atoms with Crippen molar-refractivity contribution in [1.29, 1.82) is 0 Å². The van der Waals surface area contributed by atoms with Crippen LogP contribution >= 0.6 is 11.6 Å². The van der Waals surface area contributed by atoms with Gasteiger partial charge in [0.05, 0.1) is 11.9 Å². The number of rotatable bonds is 3. The molecular formula is C18H21ClN6O2S. The Labute approximate surface area is 168 Å². The Morgan fingerprint density at radius 1 is 1.11 bits per heavy atom. The summed E-state index contributed by atoms with van der Waals surface area (Å²) in [6, 6.07) is 1.81. The molecule has 0 aliphatic carbocycles. The van der Waals surface area contributed by atoms with Gasteiger partial charge in [-0.2, -0.15) is 14.5 Å². The minimum Gasteiger partial charge on any atom is -0.268 e. The first-order valence-corrected chi connectivity index (χ1v) is 11.4. The molecule has 0 N–H and O–H groups in total. The lowest BCUT2D eigenvalue weighted by Gasteiger charge is -2.31. The zero-order valence-electron chi connectivity index (χ0n) is 15.3. The van der Waals surface area contributed by atoms with Gasteiger partial charge in [0.2, 0.25) is 10.0 Å². The van der Waals surface area contributed by atoms with Crippen LogP contribution in [0.2, 0.25) is 5.02 Å². The van der Waals surface area contributed by atoms with Crippen LogP contribution in [-0.4, -0.2) is 50.2 Å². The summed E-state index contributed by atoms with van der Waals surface area (Å²) < 4.78 is 31.5. The van der Waals surface area contributed by atoms with E-state index in [1.807, 2.05) is 16.9 Å². The maximum absolute atomic E-state index is 13.2. The normalized spacial score (nSPS) is 19.2. The van der Waals surface area contributed by atoms with Gasteiger partial charge in [0.25, 0.3) is 0 Å². The Morgan fingerprint density at radius 3 is 2.75 bits per heavy atom. The average molecular weight is 421 g/mol. The average Bonchev–Trinajstić information content (AvgIpc) is 3.34. The van der Waals surface area contributed by atoms with Crippen molar-refractivity contribution in [2.45, 2.75) is 49.5 Å². The van der Waals surface area contributed by atoms with Crippen molar-refractivity contribution >= 4 is 27.3 Å². The summed E-state index contributed by atoms with van der Waals surface area (Å²) in [6.07, 6.45) is 9.22. The molecule has 0 radical (unpaired) electrons. The minimum atomic E-state index is -3.51. The van der Waals surface area contributed by atoms with E-state index in [9.17, 15) is 8.42 Å². The molecule has 8 nitrogen and oxygen atoms in total. The van der Waals surface area contributed by atoms with Crippen molar-refractivity contribution < 1.29 is 8.42 Å². The summed E-state index contributed by atoms with van der Waals surface area (Å²) in [5.41, 5.74) is 2.56. The Morgan fingerprint density at radius 2 is 1.93 bits per heavy atom. The zero-order chi connectivity index (χ0) is 19.3. The first-order valence-electron chi connectivity index (χ1n) is 9.57. The second kappa shape index (κ2) is 6.82. The zero-order valence-corrected chi connectivity index (χ0v) is 16.9. The number of nitrogens with zero attached hydrogens (tertiary/aromatic N) is 6. The predicted octanol–water partition coefficient (Wildman–Crippen LogP) is 2.48. The monoisotopic (exact) mass is 420 g/mol. The third-order valence-corrected chi connectivity index (χ3v) is 8.12. The molecule has 0 unspecified atom stereocenters. The van der Waals surface area contributed by atoms with Crippen LogP contribution in [0.5, 0.6) is 0 Å². The Balaban J connectivity index is 1.36. The number of fused-ring (bicyclic) bond motifs is 2. The molecule has 0 amide bonds. The van der Waals surface area contributed by atoms with Crippen LogP contribution in [0.1, 0.15) is 42.9 Å². The van der Waals surface area contributed by atoms with E-state index >= 15 is 0 Å². The van der Waals surface area contributed by atoms with E-state index < -0.39 is 10.0 Å². The molecule has 0 bridgehead atoms. The third kappa shape index (κ3) is 2.92. The number of aromatic nitrogens is 5. The third-order valence-electron chi connectivity index (χ3n) is 5.85. The molecule has 0 spiro atoms. The largest absolute Gasteiger partial charge is 0.268 e. The number of halogens is 1. The van der Waals surface area contributed by atoms with Crippen molar-refractivity contribution in [3.63, 3.8) is 0 Å². The van der Waals surface area contributed by atoms with Gasteiger partial charge in [-0.05, 0) is 43.6 Å². The fraction of sp³-hybridized carbons (Fsp3) is 0.500. The van der Waals surface area contributed by atoms with Gasteiger partial charge >= 0.3 is 0 Å². The summed E-state index contributed by atoms with van der Waals surface area (Å²) in [7, 11) is -3.51. The standard InChI is InChI=1S/C18H21ClN6O2S/c19-15-9-18-20-12-22-25(18)11-14(15)13-4-7-23(8-5-13)28(26,27)17-10-21-24-6-2-1-3-16(17)24/h9-13H,1-8H2. The molecule has 5 heterocycles. The van der Waals surface area contributed by atoms with Crippen LogP contribution in [0, 0.1) is 0 Å². The lowest BCUT2D eigenvalue weighted by Crippen LogP contribution is -2.38. The molecule has 10 heteroatoms. The molecule has 3 aromatic rings. The fourth-order valence-electron chi connectivity index (χ4n) is 4.31. The predicted molar refractivity (Wildman–Crippen MR) is 104 cm³/mol. The highest BCUT2D eigenvalue weighted by Crippen LogP contribution is 2.35. The maximum Gasteiger partial charge on any atom is 0.246 e. The van der Waals surface area contributed by atoms with Gasteiger partial charge in [-0.3, -0.25) is 4.68 Å². The second-order valence-corrected chi connectivity index (χ2v) is 9.77. The molecule has 2 aliphatic rings. The summed E-state index contributed by atoms with van der Waals surface area (Å²) in [6.45, 7) is 1.75. The highest BCUT2D eigenvalue weighted by Gasteiger charge is 2.34. The first kappa shape index (κ1) is 18.1. The van der Waals surface area contributed by atoms with E-state index in [0.29, 0.717) is 28.7 Å². The number of hydrogen-bond acceptors (Lipinski definition) is 5. The van der Waals surface area contributed by atoms with Crippen LogP contribution in [0.4, 0.5) is 0 Å². The Kier molecular flexibility index (Phi) is 4.41. The van der Waals surface area contributed by atoms with Gasteiger partial charge < -0.3 is 0 Å². The van der Waals surface area contributed by atoms with Crippen molar-refractivity contribution in [1.82, 2.24) is 28.7 Å². The van der Waals surface area contributed by atoms with Crippen LogP contribution in [0.25, 0.3) is 5.65 Å². The van der Waals surface area contributed by atoms with Gasteiger partial charge in [-0.1, -0.05) is 11.6 Å². The van der Waals surface area contributed by atoms with Crippen molar-refractivity contribution in [3.8, 4) is 0 Å². The molecule has 1 saturated heterocycles. The van der Waals surface area contributed by atoms with Crippen LogP contribution in [0.15, 0.2) is 29.7 Å². The molecule has 28 heavy (non-hydrogen) atoms. The van der Waals surface area contributed by atoms with Crippen molar-refractivity contribution in [3.05, 3.63) is 41.1 Å². The topological polar surface area (TPSA) is 85.4 Å². The number of pyridine rings is 1. The molecule has 5 rings (SSSR count). The van der Waals surface area contributed by atoms with Crippen LogP contribution in [-0.2, 0) is 23.0 Å². The lowest BCUT2D eigenvalue weighted by atomic mass is 9.91. The summed E-state index contributed by atoms with van der Waals surface area (Å²) in [4.78, 5) is 4.53. The molecule has 1 fully saturated rings. The highest BCUT2D eigenvalue weighted by atomic mass is 35.5. The fourth-order valence-corrected chi connectivity index (χ4v) is 6.26.